The predicted octanol–water partition coefficient (Wildman–Crippen LogP) is 3.00. The molecule has 0 atom stereocenters. The second-order valence-electron chi connectivity index (χ2n) is 7.91. The molecule has 2 N–H and O–H groups in total. The van der Waals surface area contributed by atoms with E-state index in [9.17, 15) is 24.0 Å². The van der Waals surface area contributed by atoms with Crippen LogP contribution in [0.5, 0.6) is 0 Å². The molecule has 8 nitrogen and oxygen atoms in total. The number of benzene rings is 2. The number of rotatable bonds is 9. The number of nitrogens with zero attached hydrogens (tertiary/aromatic N) is 2. The Morgan fingerprint density at radius 2 is 1.69 bits per heavy atom. The van der Waals surface area contributed by atoms with Crippen molar-refractivity contribution in [3.63, 3.8) is 0 Å². The highest BCUT2D eigenvalue weighted by Crippen LogP contribution is 2.27. The first-order valence-electron chi connectivity index (χ1n) is 10.9. The van der Waals surface area contributed by atoms with Gasteiger partial charge in [-0.15, -0.1) is 0 Å². The molecule has 0 bridgehead atoms. The summed E-state index contributed by atoms with van der Waals surface area (Å²) in [6, 6.07) is 17.1. The first-order chi connectivity index (χ1) is 16.8. The summed E-state index contributed by atoms with van der Waals surface area (Å²) in [5, 5.41) is 14.7. The molecular formula is C26H25FN4O4. The molecule has 2 amide bonds. The van der Waals surface area contributed by atoms with Crippen molar-refractivity contribution in [1.29, 1.82) is 5.26 Å². The van der Waals surface area contributed by atoms with E-state index < -0.39 is 18.5 Å². The highest BCUT2D eigenvalue weighted by Gasteiger charge is 2.20. The summed E-state index contributed by atoms with van der Waals surface area (Å²) in [4.78, 5) is 36.4. The number of halogens is 1. The molecule has 3 aromatic rings. The van der Waals surface area contributed by atoms with Crippen molar-refractivity contribution in [2.75, 3.05) is 18.5 Å². The van der Waals surface area contributed by atoms with Gasteiger partial charge in [-0.2, -0.15) is 5.26 Å². The Bertz CT molecular complexity index is 1260. The van der Waals surface area contributed by atoms with Gasteiger partial charge >= 0.3 is 5.97 Å². The molecule has 0 spiro atoms. The minimum absolute atomic E-state index is 0.120. The Morgan fingerprint density at radius 3 is 2.34 bits per heavy atom. The van der Waals surface area contributed by atoms with Crippen LogP contribution in [0.1, 0.15) is 27.9 Å². The Balaban J connectivity index is 1.57. The zero-order chi connectivity index (χ0) is 25.4. The van der Waals surface area contributed by atoms with E-state index in [2.05, 4.69) is 16.7 Å². The molecule has 2 aromatic carbocycles. The molecule has 0 radical (unpaired) electrons. The molecule has 0 aliphatic carbocycles. The SMILES string of the molecule is Cc1c(C#N)c(NC(=O)COC(=O)CNC(=O)Cc2ccccc2)n(Cc2ccc(F)cc2)c1C. The highest BCUT2D eigenvalue weighted by molar-refractivity contribution is 5.94. The lowest BCUT2D eigenvalue weighted by Crippen LogP contribution is -2.33. The summed E-state index contributed by atoms with van der Waals surface area (Å²) >= 11 is 0. The number of nitriles is 1. The number of ether oxygens (including phenoxy) is 1. The van der Waals surface area contributed by atoms with Crippen molar-refractivity contribution in [3.8, 4) is 6.07 Å². The van der Waals surface area contributed by atoms with Gasteiger partial charge in [0.1, 0.15) is 24.2 Å². The fourth-order valence-electron chi connectivity index (χ4n) is 3.48. The monoisotopic (exact) mass is 476 g/mol. The van der Waals surface area contributed by atoms with Gasteiger partial charge in [0.25, 0.3) is 5.91 Å². The number of carbonyl (C=O) groups excluding carboxylic acids is 3. The second kappa shape index (κ2) is 11.6. The average molecular weight is 477 g/mol. The molecule has 0 saturated heterocycles. The van der Waals surface area contributed by atoms with Gasteiger partial charge in [-0.3, -0.25) is 14.4 Å². The number of anilines is 1. The van der Waals surface area contributed by atoms with E-state index in [1.807, 2.05) is 25.1 Å². The van der Waals surface area contributed by atoms with Crippen LogP contribution in [0.4, 0.5) is 10.2 Å². The lowest BCUT2D eigenvalue weighted by atomic mass is 10.1. The summed E-state index contributed by atoms with van der Waals surface area (Å²) in [7, 11) is 0. The van der Waals surface area contributed by atoms with Crippen molar-refractivity contribution < 1.29 is 23.5 Å². The summed E-state index contributed by atoms with van der Waals surface area (Å²) in [5.41, 5.74) is 3.34. The zero-order valence-corrected chi connectivity index (χ0v) is 19.4. The van der Waals surface area contributed by atoms with Gasteiger partial charge in [-0.05, 0) is 42.7 Å². The van der Waals surface area contributed by atoms with Crippen molar-refractivity contribution in [3.05, 3.63) is 88.4 Å². The van der Waals surface area contributed by atoms with Crippen molar-refractivity contribution in [1.82, 2.24) is 9.88 Å². The van der Waals surface area contributed by atoms with Crippen LogP contribution in [0.3, 0.4) is 0 Å². The molecule has 0 aliphatic heterocycles. The molecule has 180 valence electrons. The third-order valence-electron chi connectivity index (χ3n) is 5.45. The fourth-order valence-corrected chi connectivity index (χ4v) is 3.48. The van der Waals surface area contributed by atoms with E-state index in [-0.39, 0.29) is 36.1 Å². The number of esters is 1. The Hall–Kier alpha value is -4.45. The third-order valence-corrected chi connectivity index (χ3v) is 5.45. The van der Waals surface area contributed by atoms with Crippen LogP contribution in [0.25, 0.3) is 0 Å². The van der Waals surface area contributed by atoms with E-state index >= 15 is 0 Å². The van der Waals surface area contributed by atoms with E-state index in [0.717, 1.165) is 16.8 Å². The summed E-state index contributed by atoms with van der Waals surface area (Å²) in [5.74, 6) is -1.84. The van der Waals surface area contributed by atoms with Crippen LogP contribution in [0, 0.1) is 31.0 Å². The summed E-state index contributed by atoms with van der Waals surface area (Å²) in [6.07, 6.45) is 0.120. The molecule has 1 aromatic heterocycles. The molecule has 0 aliphatic rings. The van der Waals surface area contributed by atoms with Gasteiger partial charge in [0.05, 0.1) is 12.0 Å². The maximum absolute atomic E-state index is 13.3. The van der Waals surface area contributed by atoms with Crippen LogP contribution in [-0.4, -0.2) is 35.5 Å². The van der Waals surface area contributed by atoms with E-state index in [1.165, 1.54) is 12.1 Å². The van der Waals surface area contributed by atoms with Crippen molar-refractivity contribution >= 4 is 23.6 Å². The number of amides is 2. The lowest BCUT2D eigenvalue weighted by Gasteiger charge is -2.13. The molecular weight excluding hydrogens is 451 g/mol. The number of hydrogen-bond donors (Lipinski definition) is 2. The fraction of sp³-hybridized carbons (Fsp3) is 0.231. The normalized spacial score (nSPS) is 10.3. The van der Waals surface area contributed by atoms with Gasteiger partial charge in [-0.1, -0.05) is 42.5 Å². The van der Waals surface area contributed by atoms with Gasteiger partial charge in [0.2, 0.25) is 5.91 Å². The highest BCUT2D eigenvalue weighted by atomic mass is 19.1. The van der Waals surface area contributed by atoms with Gasteiger partial charge < -0.3 is 19.9 Å². The summed E-state index contributed by atoms with van der Waals surface area (Å²) < 4.78 is 20.0. The molecule has 35 heavy (non-hydrogen) atoms. The predicted molar refractivity (Wildman–Crippen MR) is 127 cm³/mol. The van der Waals surface area contributed by atoms with Crippen LogP contribution < -0.4 is 10.6 Å². The first-order valence-corrected chi connectivity index (χ1v) is 10.9. The van der Waals surface area contributed by atoms with E-state index in [0.29, 0.717) is 12.1 Å². The number of carbonyl (C=O) groups is 3. The van der Waals surface area contributed by atoms with Crippen LogP contribution in [0.15, 0.2) is 54.6 Å². The molecule has 0 unspecified atom stereocenters. The largest absolute Gasteiger partial charge is 0.454 e. The Labute approximate surface area is 202 Å². The van der Waals surface area contributed by atoms with Crippen LogP contribution in [-0.2, 0) is 32.1 Å². The topological polar surface area (TPSA) is 113 Å². The maximum Gasteiger partial charge on any atom is 0.325 e. The number of nitrogens with one attached hydrogen (secondary N) is 2. The zero-order valence-electron chi connectivity index (χ0n) is 19.4. The Kier molecular flexibility index (Phi) is 8.35. The molecule has 9 heteroatoms. The minimum Gasteiger partial charge on any atom is -0.454 e. The van der Waals surface area contributed by atoms with E-state index in [1.54, 1.807) is 35.8 Å². The average Bonchev–Trinajstić information content (AvgIpc) is 3.07. The van der Waals surface area contributed by atoms with Crippen molar-refractivity contribution in [2.24, 2.45) is 0 Å². The van der Waals surface area contributed by atoms with Gasteiger partial charge in [0, 0.05) is 12.2 Å². The molecule has 1 heterocycles. The number of aromatic nitrogens is 1. The number of hydrogen-bond acceptors (Lipinski definition) is 5. The molecule has 0 fully saturated rings. The third kappa shape index (κ3) is 6.77. The van der Waals surface area contributed by atoms with E-state index in [4.69, 9.17) is 4.74 Å². The maximum atomic E-state index is 13.3. The first kappa shape index (κ1) is 25.2. The van der Waals surface area contributed by atoms with Crippen molar-refractivity contribution in [2.45, 2.75) is 26.8 Å². The smallest absolute Gasteiger partial charge is 0.325 e. The van der Waals surface area contributed by atoms with Crippen LogP contribution >= 0.6 is 0 Å². The standard InChI is InChI=1S/C26H25FN4O4/c1-17-18(2)31(15-20-8-10-21(27)11-9-20)26(22(17)13-28)30-24(33)16-35-25(34)14-29-23(32)12-19-6-4-3-5-7-19/h3-11H,12,14-16H2,1-2H3,(H,29,32)(H,30,33). The van der Waals surface area contributed by atoms with Gasteiger partial charge in [-0.25, -0.2) is 4.39 Å². The summed E-state index contributed by atoms with van der Waals surface area (Å²) in [6.45, 7) is 2.92. The molecule has 3 rings (SSSR count). The lowest BCUT2D eigenvalue weighted by molar-refractivity contribution is -0.147. The Morgan fingerprint density at radius 1 is 1.00 bits per heavy atom. The van der Waals surface area contributed by atoms with Gasteiger partial charge in [0.15, 0.2) is 6.61 Å². The van der Waals surface area contributed by atoms with Crippen LogP contribution in [0.2, 0.25) is 0 Å². The second-order valence-corrected chi connectivity index (χ2v) is 7.91. The quantitative estimate of drug-likeness (QED) is 0.461. The minimum atomic E-state index is -0.767. The molecule has 0 saturated carbocycles.